The Kier molecular flexibility index (Phi) is 3.67. The van der Waals surface area contributed by atoms with Gasteiger partial charge in [0.15, 0.2) is 4.47 Å². The van der Waals surface area contributed by atoms with Gasteiger partial charge >= 0.3 is 0 Å². The molecular formula is C13H10ClN3O3S2. The van der Waals surface area contributed by atoms with Gasteiger partial charge in [0, 0.05) is 6.07 Å². The van der Waals surface area contributed by atoms with E-state index in [0.29, 0.717) is 20.2 Å². The van der Waals surface area contributed by atoms with Crippen molar-refractivity contribution in [2.24, 2.45) is 0 Å². The van der Waals surface area contributed by atoms with Crippen LogP contribution < -0.4 is 10.3 Å². The quantitative estimate of drug-likeness (QED) is 0.755. The molecule has 0 saturated carbocycles. The minimum Gasteiger partial charge on any atom is -0.308 e. The first kappa shape index (κ1) is 15.0. The Hall–Kier alpha value is -1.90. The van der Waals surface area contributed by atoms with E-state index in [-0.39, 0.29) is 16.3 Å². The summed E-state index contributed by atoms with van der Waals surface area (Å²) in [5.41, 5.74) is 0.923. The number of nitrogens with one attached hydrogen (secondary N) is 2. The van der Waals surface area contributed by atoms with Crippen LogP contribution in [0.2, 0.25) is 4.47 Å². The lowest BCUT2D eigenvalue weighted by molar-refractivity contribution is 0.601. The molecule has 1 aromatic carbocycles. The second-order valence-electron chi connectivity index (χ2n) is 4.64. The van der Waals surface area contributed by atoms with Crippen LogP contribution in [0.3, 0.4) is 0 Å². The Labute approximate surface area is 134 Å². The molecule has 0 atom stereocenters. The highest BCUT2D eigenvalue weighted by atomic mass is 35.5. The van der Waals surface area contributed by atoms with Crippen molar-refractivity contribution >= 4 is 49.0 Å². The molecule has 22 heavy (non-hydrogen) atoms. The monoisotopic (exact) mass is 355 g/mol. The molecule has 2 heterocycles. The number of anilines is 1. The number of nitrogens with zero attached hydrogens (tertiary/aromatic N) is 1. The molecule has 0 bridgehead atoms. The first-order valence-electron chi connectivity index (χ1n) is 6.13. The van der Waals surface area contributed by atoms with Gasteiger partial charge in [-0.1, -0.05) is 11.6 Å². The first-order chi connectivity index (χ1) is 10.3. The fourth-order valence-corrected chi connectivity index (χ4v) is 4.17. The molecule has 9 heteroatoms. The number of thiazole rings is 1. The van der Waals surface area contributed by atoms with Crippen LogP contribution in [0.15, 0.2) is 40.0 Å². The number of benzene rings is 1. The van der Waals surface area contributed by atoms with E-state index in [1.165, 1.54) is 29.5 Å². The van der Waals surface area contributed by atoms with Crippen molar-refractivity contribution in [2.75, 3.05) is 4.72 Å². The molecule has 3 aromatic rings. The summed E-state index contributed by atoms with van der Waals surface area (Å²) in [6, 6.07) is 7.44. The summed E-state index contributed by atoms with van der Waals surface area (Å²) in [7, 11) is -3.81. The highest BCUT2D eigenvalue weighted by Gasteiger charge is 2.16. The zero-order valence-corrected chi connectivity index (χ0v) is 13.6. The minimum atomic E-state index is -3.81. The van der Waals surface area contributed by atoms with Crippen LogP contribution in [0, 0.1) is 6.92 Å². The number of aromatic nitrogens is 2. The summed E-state index contributed by atoms with van der Waals surface area (Å²) in [5.74, 6) is 0.118. The van der Waals surface area contributed by atoms with Crippen LogP contribution in [0.5, 0.6) is 0 Å². The van der Waals surface area contributed by atoms with Gasteiger partial charge in [-0.3, -0.25) is 9.52 Å². The van der Waals surface area contributed by atoms with Crippen molar-refractivity contribution in [1.82, 2.24) is 9.97 Å². The lowest BCUT2D eigenvalue weighted by atomic mass is 10.3. The molecule has 114 valence electrons. The number of sulfonamides is 1. The van der Waals surface area contributed by atoms with E-state index in [4.69, 9.17) is 11.6 Å². The zero-order valence-electron chi connectivity index (χ0n) is 11.3. The van der Waals surface area contributed by atoms with E-state index < -0.39 is 10.0 Å². The maximum atomic E-state index is 12.4. The maximum absolute atomic E-state index is 12.4. The summed E-state index contributed by atoms with van der Waals surface area (Å²) >= 11 is 7.01. The Morgan fingerprint density at radius 2 is 2.05 bits per heavy atom. The van der Waals surface area contributed by atoms with E-state index in [9.17, 15) is 13.2 Å². The Morgan fingerprint density at radius 1 is 1.27 bits per heavy atom. The van der Waals surface area contributed by atoms with Crippen LogP contribution in [0.25, 0.3) is 10.2 Å². The smallest absolute Gasteiger partial charge is 0.263 e. The van der Waals surface area contributed by atoms with Crippen LogP contribution in [0.4, 0.5) is 5.82 Å². The standard InChI is InChI=1S/C13H10ClN3O3S2/c1-7-4-11(16-12(18)5-7)17-22(19,20)8-2-3-9-10(6-8)21-13(14)15-9/h2-6H,1H3,(H2,16,17,18). The van der Waals surface area contributed by atoms with Crippen LogP contribution >= 0.6 is 22.9 Å². The third kappa shape index (κ3) is 2.99. The topological polar surface area (TPSA) is 91.9 Å². The Morgan fingerprint density at radius 3 is 2.77 bits per heavy atom. The summed E-state index contributed by atoms with van der Waals surface area (Å²) in [6.07, 6.45) is 0. The lowest BCUT2D eigenvalue weighted by Gasteiger charge is -2.08. The summed E-state index contributed by atoms with van der Waals surface area (Å²) in [6.45, 7) is 1.71. The average Bonchev–Trinajstić information content (AvgIpc) is 2.75. The number of aromatic amines is 1. The second kappa shape index (κ2) is 5.38. The normalized spacial score (nSPS) is 11.7. The van der Waals surface area contributed by atoms with E-state index in [2.05, 4.69) is 14.7 Å². The number of rotatable bonds is 3. The molecule has 6 nitrogen and oxygen atoms in total. The van der Waals surface area contributed by atoms with Gasteiger partial charge in [0.2, 0.25) is 5.56 Å². The highest BCUT2D eigenvalue weighted by molar-refractivity contribution is 7.92. The molecule has 0 saturated heterocycles. The van der Waals surface area contributed by atoms with E-state index in [1.54, 1.807) is 19.1 Å². The number of aryl methyl sites for hydroxylation is 1. The van der Waals surface area contributed by atoms with Gasteiger partial charge in [-0.25, -0.2) is 13.4 Å². The zero-order chi connectivity index (χ0) is 15.9. The largest absolute Gasteiger partial charge is 0.308 e. The molecule has 0 radical (unpaired) electrons. The van der Waals surface area contributed by atoms with Crippen LogP contribution in [-0.2, 0) is 10.0 Å². The highest BCUT2D eigenvalue weighted by Crippen LogP contribution is 2.28. The first-order valence-corrected chi connectivity index (χ1v) is 8.81. The van der Waals surface area contributed by atoms with Gasteiger partial charge in [-0.15, -0.1) is 11.3 Å². The summed E-state index contributed by atoms with van der Waals surface area (Å²) in [4.78, 5) is 18.0. The molecule has 0 aliphatic heterocycles. The molecule has 0 spiro atoms. The van der Waals surface area contributed by atoms with Gasteiger partial charge < -0.3 is 4.98 Å². The minimum absolute atomic E-state index is 0.0719. The molecule has 2 N–H and O–H groups in total. The van der Waals surface area contributed by atoms with Crippen molar-refractivity contribution in [1.29, 1.82) is 0 Å². The predicted octanol–water partition coefficient (Wildman–Crippen LogP) is 2.75. The number of halogens is 1. The van der Waals surface area contributed by atoms with E-state index in [1.807, 2.05) is 0 Å². The number of fused-ring (bicyclic) bond motifs is 1. The number of hydrogen-bond donors (Lipinski definition) is 2. The fraction of sp³-hybridized carbons (Fsp3) is 0.0769. The van der Waals surface area contributed by atoms with Gasteiger partial charge in [-0.05, 0) is 36.8 Å². The molecule has 0 unspecified atom stereocenters. The van der Waals surface area contributed by atoms with Crippen molar-refractivity contribution < 1.29 is 8.42 Å². The van der Waals surface area contributed by atoms with Crippen molar-refractivity contribution in [3.05, 3.63) is 50.7 Å². The third-order valence-electron chi connectivity index (χ3n) is 2.88. The average molecular weight is 356 g/mol. The van der Waals surface area contributed by atoms with Gasteiger partial charge in [0.05, 0.1) is 15.1 Å². The lowest BCUT2D eigenvalue weighted by Crippen LogP contribution is -2.17. The molecular weight excluding hydrogens is 346 g/mol. The third-order valence-corrected chi connectivity index (χ3v) is 5.36. The van der Waals surface area contributed by atoms with Crippen molar-refractivity contribution in [3.63, 3.8) is 0 Å². The van der Waals surface area contributed by atoms with Crippen molar-refractivity contribution in [3.8, 4) is 0 Å². The molecule has 2 aromatic heterocycles. The Balaban J connectivity index is 2.01. The van der Waals surface area contributed by atoms with Gasteiger partial charge in [0.25, 0.3) is 10.0 Å². The summed E-state index contributed by atoms with van der Waals surface area (Å²) < 4.78 is 28.2. The molecule has 0 fully saturated rings. The second-order valence-corrected chi connectivity index (χ2v) is 7.93. The fourth-order valence-electron chi connectivity index (χ4n) is 1.98. The SMILES string of the molecule is Cc1cc(NS(=O)(=O)c2ccc3nc(Cl)sc3c2)[nH]c(=O)c1. The van der Waals surface area contributed by atoms with E-state index >= 15 is 0 Å². The molecule has 0 amide bonds. The number of hydrogen-bond acceptors (Lipinski definition) is 5. The summed E-state index contributed by atoms with van der Waals surface area (Å²) in [5, 5.41) is 0. The van der Waals surface area contributed by atoms with Crippen LogP contribution in [0.1, 0.15) is 5.56 Å². The number of H-pyrrole nitrogens is 1. The van der Waals surface area contributed by atoms with Gasteiger partial charge in [-0.2, -0.15) is 0 Å². The van der Waals surface area contributed by atoms with E-state index in [0.717, 1.165) is 0 Å². The predicted molar refractivity (Wildman–Crippen MR) is 87.2 cm³/mol. The maximum Gasteiger partial charge on any atom is 0.263 e. The van der Waals surface area contributed by atoms with Gasteiger partial charge in [0.1, 0.15) is 5.82 Å². The van der Waals surface area contributed by atoms with Crippen LogP contribution in [-0.4, -0.2) is 18.4 Å². The van der Waals surface area contributed by atoms with Crippen molar-refractivity contribution in [2.45, 2.75) is 11.8 Å². The molecule has 0 aliphatic rings. The molecule has 3 rings (SSSR count). The number of pyridine rings is 1. The molecule has 0 aliphatic carbocycles. The Bertz CT molecular complexity index is 1020.